The molecule has 6 heteroatoms. The van der Waals surface area contributed by atoms with Crippen LogP contribution in [0.25, 0.3) is 21.7 Å². The number of carbonyl (C=O) groups is 2. The van der Waals surface area contributed by atoms with E-state index in [1.165, 1.54) is 6.20 Å². The number of amides is 2. The number of pyridine rings is 1. The minimum atomic E-state index is -0.659. The van der Waals surface area contributed by atoms with Gasteiger partial charge in [0.05, 0.1) is 16.6 Å². The van der Waals surface area contributed by atoms with Crippen molar-refractivity contribution in [3.05, 3.63) is 82.5 Å². The third-order valence-electron chi connectivity index (χ3n) is 4.50. The van der Waals surface area contributed by atoms with Gasteiger partial charge in [0.15, 0.2) is 0 Å². The highest BCUT2D eigenvalue weighted by Crippen LogP contribution is 2.32. The van der Waals surface area contributed by atoms with Gasteiger partial charge in [-0.2, -0.15) is 0 Å². The highest BCUT2D eigenvalue weighted by Gasteiger charge is 2.40. The summed E-state index contributed by atoms with van der Waals surface area (Å²) < 4.78 is 5.36. The van der Waals surface area contributed by atoms with Gasteiger partial charge in [-0.3, -0.25) is 9.59 Å². The van der Waals surface area contributed by atoms with Gasteiger partial charge in [0.1, 0.15) is 11.3 Å². The molecule has 3 heterocycles. The first kappa shape index (κ1) is 14.5. The molecule has 0 radical (unpaired) electrons. The number of carbonyl (C=O) groups excluding carboxylic acids is 2. The number of fused-ring (bicyclic) bond motifs is 5. The Labute approximate surface area is 146 Å². The first-order chi connectivity index (χ1) is 12.7. The number of anilines is 1. The van der Waals surface area contributed by atoms with Crippen LogP contribution in [-0.4, -0.2) is 16.8 Å². The van der Waals surface area contributed by atoms with Crippen molar-refractivity contribution in [1.82, 2.24) is 4.98 Å². The van der Waals surface area contributed by atoms with Gasteiger partial charge >= 0.3 is 5.63 Å². The molecule has 4 aromatic rings. The zero-order chi connectivity index (χ0) is 17.8. The van der Waals surface area contributed by atoms with Gasteiger partial charge in [-0.25, -0.2) is 14.7 Å². The summed E-state index contributed by atoms with van der Waals surface area (Å²) in [6, 6.07) is 15.6. The monoisotopic (exact) mass is 342 g/mol. The molecule has 0 unspecified atom stereocenters. The summed E-state index contributed by atoms with van der Waals surface area (Å²) in [5.74, 6) is -1.12. The third-order valence-corrected chi connectivity index (χ3v) is 4.50. The molecular weight excluding hydrogens is 332 g/mol. The van der Waals surface area contributed by atoms with E-state index in [0.717, 1.165) is 4.90 Å². The Morgan fingerprint density at radius 2 is 1.54 bits per heavy atom. The van der Waals surface area contributed by atoms with E-state index < -0.39 is 17.4 Å². The summed E-state index contributed by atoms with van der Waals surface area (Å²) >= 11 is 0. The quantitative estimate of drug-likeness (QED) is 0.302. The number of hydrogen-bond acceptors (Lipinski definition) is 5. The fourth-order valence-electron chi connectivity index (χ4n) is 3.35. The van der Waals surface area contributed by atoms with Crippen molar-refractivity contribution in [2.75, 3.05) is 4.90 Å². The van der Waals surface area contributed by atoms with E-state index >= 15 is 0 Å². The number of hydrogen-bond donors (Lipinski definition) is 0. The number of para-hydroxylation sites is 2. The molecule has 0 bridgehead atoms. The van der Waals surface area contributed by atoms with E-state index in [9.17, 15) is 14.4 Å². The predicted molar refractivity (Wildman–Crippen MR) is 95.4 cm³/mol. The van der Waals surface area contributed by atoms with Crippen molar-refractivity contribution < 1.29 is 14.0 Å². The molecule has 124 valence electrons. The minimum Gasteiger partial charge on any atom is -0.422 e. The zero-order valence-electron chi connectivity index (χ0n) is 13.3. The molecule has 1 aliphatic heterocycles. The Balaban J connectivity index is 1.86. The normalized spacial score (nSPS) is 13.6. The maximum Gasteiger partial charge on any atom is 0.345 e. The first-order valence-electron chi connectivity index (χ1n) is 7.95. The second-order valence-electron chi connectivity index (χ2n) is 5.94. The topological polar surface area (TPSA) is 80.5 Å². The SMILES string of the molecule is O=C1c2ncc3c(c2C(=O)N1c1ccccc1)c(=O)oc1ccccc13. The molecule has 0 atom stereocenters. The summed E-state index contributed by atoms with van der Waals surface area (Å²) in [4.78, 5) is 43.5. The van der Waals surface area contributed by atoms with E-state index in [1.807, 2.05) is 0 Å². The fourth-order valence-corrected chi connectivity index (χ4v) is 3.35. The van der Waals surface area contributed by atoms with Gasteiger partial charge in [0.2, 0.25) is 0 Å². The Morgan fingerprint density at radius 1 is 0.808 bits per heavy atom. The zero-order valence-corrected chi connectivity index (χ0v) is 13.3. The highest BCUT2D eigenvalue weighted by atomic mass is 16.4. The van der Waals surface area contributed by atoms with E-state index in [0.29, 0.717) is 22.0 Å². The van der Waals surface area contributed by atoms with Crippen molar-refractivity contribution in [3.8, 4) is 0 Å². The number of benzene rings is 2. The molecule has 0 saturated carbocycles. The molecule has 2 aromatic heterocycles. The van der Waals surface area contributed by atoms with E-state index in [4.69, 9.17) is 4.42 Å². The lowest BCUT2D eigenvalue weighted by Gasteiger charge is -2.12. The van der Waals surface area contributed by atoms with E-state index in [-0.39, 0.29) is 16.6 Å². The largest absolute Gasteiger partial charge is 0.422 e. The van der Waals surface area contributed by atoms with Crippen molar-refractivity contribution in [3.63, 3.8) is 0 Å². The van der Waals surface area contributed by atoms with Crippen LogP contribution < -0.4 is 10.5 Å². The summed E-state index contributed by atoms with van der Waals surface area (Å²) in [6.07, 6.45) is 1.45. The Bertz CT molecular complexity index is 1290. The lowest BCUT2D eigenvalue weighted by molar-refractivity contribution is 0.0925. The smallest absolute Gasteiger partial charge is 0.345 e. The molecule has 0 saturated heterocycles. The molecule has 1 aliphatic rings. The molecule has 0 spiro atoms. The van der Waals surface area contributed by atoms with Crippen LogP contribution in [0.5, 0.6) is 0 Å². The Hall–Kier alpha value is -3.80. The maximum absolute atomic E-state index is 13.0. The summed E-state index contributed by atoms with van der Waals surface area (Å²) in [7, 11) is 0. The number of imide groups is 1. The van der Waals surface area contributed by atoms with Crippen LogP contribution in [0.1, 0.15) is 20.8 Å². The molecule has 2 amide bonds. The van der Waals surface area contributed by atoms with Crippen molar-refractivity contribution in [2.24, 2.45) is 0 Å². The predicted octanol–water partition coefficient (Wildman–Crippen LogP) is 3.14. The molecule has 6 nitrogen and oxygen atoms in total. The Kier molecular flexibility index (Phi) is 2.85. The standard InChI is InChI=1S/C20H10N2O4/c23-18-16-15-13(12-8-4-5-9-14(12)26-20(15)25)10-21-17(16)19(24)22(18)11-6-2-1-3-7-11/h1-10H. The van der Waals surface area contributed by atoms with Gasteiger partial charge < -0.3 is 4.42 Å². The molecule has 0 fully saturated rings. The maximum atomic E-state index is 13.0. The summed E-state index contributed by atoms with van der Waals surface area (Å²) in [5.41, 5.74) is 0.139. The van der Waals surface area contributed by atoms with Crippen LogP contribution in [0.3, 0.4) is 0 Å². The molecule has 26 heavy (non-hydrogen) atoms. The van der Waals surface area contributed by atoms with Gasteiger partial charge in [-0.15, -0.1) is 0 Å². The minimum absolute atomic E-state index is 0.00384. The number of rotatable bonds is 1. The lowest BCUT2D eigenvalue weighted by Crippen LogP contribution is -2.29. The molecule has 2 aromatic carbocycles. The second kappa shape index (κ2) is 5.10. The van der Waals surface area contributed by atoms with Gasteiger partial charge in [-0.1, -0.05) is 36.4 Å². The third kappa shape index (κ3) is 1.81. The average Bonchev–Trinajstić information content (AvgIpc) is 2.93. The summed E-state index contributed by atoms with van der Waals surface area (Å²) in [5, 5.41) is 1.24. The van der Waals surface area contributed by atoms with E-state index in [1.54, 1.807) is 54.6 Å². The van der Waals surface area contributed by atoms with Crippen molar-refractivity contribution >= 4 is 39.2 Å². The van der Waals surface area contributed by atoms with Gasteiger partial charge in [0.25, 0.3) is 11.8 Å². The number of aromatic nitrogens is 1. The molecule has 0 aliphatic carbocycles. The van der Waals surface area contributed by atoms with Gasteiger partial charge in [-0.05, 0) is 18.2 Å². The van der Waals surface area contributed by atoms with Crippen molar-refractivity contribution in [2.45, 2.75) is 0 Å². The molecular formula is C20H10N2O4. The number of nitrogens with zero attached hydrogens (tertiary/aromatic N) is 2. The van der Waals surface area contributed by atoms with Crippen LogP contribution in [0, 0.1) is 0 Å². The van der Waals surface area contributed by atoms with Crippen molar-refractivity contribution in [1.29, 1.82) is 0 Å². The summed E-state index contributed by atoms with van der Waals surface area (Å²) in [6.45, 7) is 0. The van der Waals surface area contributed by atoms with Crippen LogP contribution >= 0.6 is 0 Å². The van der Waals surface area contributed by atoms with E-state index in [2.05, 4.69) is 4.98 Å². The lowest BCUT2D eigenvalue weighted by atomic mass is 10.0. The molecule has 0 N–H and O–H groups in total. The van der Waals surface area contributed by atoms with Crippen LogP contribution in [0.2, 0.25) is 0 Å². The fraction of sp³-hybridized carbons (Fsp3) is 0. The molecule has 5 rings (SSSR count). The highest BCUT2D eigenvalue weighted by molar-refractivity contribution is 6.37. The van der Waals surface area contributed by atoms with Crippen LogP contribution in [0.15, 0.2) is 70.0 Å². The van der Waals surface area contributed by atoms with Crippen LogP contribution in [-0.2, 0) is 0 Å². The Morgan fingerprint density at radius 3 is 2.35 bits per heavy atom. The first-order valence-corrected chi connectivity index (χ1v) is 7.95. The van der Waals surface area contributed by atoms with Gasteiger partial charge in [0, 0.05) is 17.0 Å². The average molecular weight is 342 g/mol. The second-order valence-corrected chi connectivity index (χ2v) is 5.94. The van der Waals surface area contributed by atoms with Crippen LogP contribution in [0.4, 0.5) is 5.69 Å².